The number of piperazine rings is 1. The number of hydrogen-bond donors (Lipinski definition) is 1. The molecule has 0 spiro atoms. The number of aromatic nitrogens is 2. The fourth-order valence-electron chi connectivity index (χ4n) is 2.64. The SMILES string of the molecule is CN1CCN(S(=O)(=O)c2cc(Cl)ccc2Cl)C[C@@H]1c1ncc[nH]1. The van der Waals surface area contributed by atoms with Crippen molar-refractivity contribution in [3.63, 3.8) is 0 Å². The fraction of sp³-hybridized carbons (Fsp3) is 0.357. The van der Waals surface area contributed by atoms with Gasteiger partial charge in [-0.3, -0.25) is 4.90 Å². The first kappa shape index (κ1) is 16.7. The maximum absolute atomic E-state index is 12.9. The number of likely N-dealkylation sites (N-methyl/N-ethyl adjacent to an activating group) is 1. The Morgan fingerprint density at radius 3 is 2.78 bits per heavy atom. The highest BCUT2D eigenvalue weighted by Gasteiger charge is 2.35. The molecule has 1 aliphatic rings. The lowest BCUT2D eigenvalue weighted by Gasteiger charge is -2.37. The van der Waals surface area contributed by atoms with E-state index in [1.807, 2.05) is 7.05 Å². The number of hydrogen-bond acceptors (Lipinski definition) is 4. The van der Waals surface area contributed by atoms with Gasteiger partial charge in [-0.05, 0) is 25.2 Å². The number of H-pyrrole nitrogens is 1. The Labute approximate surface area is 145 Å². The lowest BCUT2D eigenvalue weighted by molar-refractivity contribution is 0.142. The second-order valence-electron chi connectivity index (χ2n) is 5.41. The molecule has 1 aromatic carbocycles. The highest BCUT2D eigenvalue weighted by Crippen LogP contribution is 2.31. The molecule has 0 bridgehead atoms. The van der Waals surface area contributed by atoms with Crippen molar-refractivity contribution >= 4 is 33.2 Å². The topological polar surface area (TPSA) is 69.3 Å². The summed E-state index contributed by atoms with van der Waals surface area (Å²) in [6.07, 6.45) is 3.38. The van der Waals surface area contributed by atoms with Crippen LogP contribution in [0.25, 0.3) is 0 Å². The highest BCUT2D eigenvalue weighted by molar-refractivity contribution is 7.89. The van der Waals surface area contributed by atoms with E-state index in [2.05, 4.69) is 14.9 Å². The Balaban J connectivity index is 1.93. The van der Waals surface area contributed by atoms with Gasteiger partial charge in [0, 0.05) is 37.1 Å². The standard InChI is InChI=1S/C14H16Cl2N4O2S/c1-19-6-7-20(9-12(19)14-17-4-5-18-14)23(21,22)13-8-10(15)2-3-11(13)16/h2-5,8,12H,6-7,9H2,1H3,(H,17,18)/t12-/m1/s1. The summed E-state index contributed by atoms with van der Waals surface area (Å²) < 4.78 is 27.3. The molecule has 2 heterocycles. The van der Waals surface area contributed by atoms with Gasteiger partial charge in [-0.2, -0.15) is 4.31 Å². The summed E-state index contributed by atoms with van der Waals surface area (Å²) in [5.74, 6) is 0.740. The Kier molecular flexibility index (Phi) is 4.66. The van der Waals surface area contributed by atoms with Crippen LogP contribution in [-0.2, 0) is 10.0 Å². The van der Waals surface area contributed by atoms with Gasteiger partial charge in [0.05, 0.1) is 11.1 Å². The Morgan fingerprint density at radius 2 is 2.09 bits per heavy atom. The van der Waals surface area contributed by atoms with Crippen LogP contribution >= 0.6 is 23.2 Å². The molecular formula is C14H16Cl2N4O2S. The van der Waals surface area contributed by atoms with E-state index in [4.69, 9.17) is 23.2 Å². The average Bonchev–Trinajstić information content (AvgIpc) is 3.04. The average molecular weight is 375 g/mol. The van der Waals surface area contributed by atoms with Gasteiger partial charge in [0.1, 0.15) is 10.7 Å². The van der Waals surface area contributed by atoms with Crippen LogP contribution in [0, 0.1) is 0 Å². The smallest absolute Gasteiger partial charge is 0.244 e. The zero-order valence-corrected chi connectivity index (χ0v) is 14.7. The van der Waals surface area contributed by atoms with E-state index >= 15 is 0 Å². The van der Waals surface area contributed by atoms with E-state index in [1.54, 1.807) is 18.5 Å². The van der Waals surface area contributed by atoms with Crippen molar-refractivity contribution in [2.45, 2.75) is 10.9 Å². The van der Waals surface area contributed by atoms with E-state index in [0.717, 1.165) is 5.82 Å². The number of imidazole rings is 1. The quantitative estimate of drug-likeness (QED) is 0.895. The van der Waals surface area contributed by atoms with Crippen LogP contribution in [-0.4, -0.2) is 54.3 Å². The minimum atomic E-state index is -3.71. The van der Waals surface area contributed by atoms with Gasteiger partial charge in [0.2, 0.25) is 10.0 Å². The first-order valence-corrected chi connectivity index (χ1v) is 9.24. The minimum Gasteiger partial charge on any atom is -0.347 e. The molecule has 1 aromatic heterocycles. The number of sulfonamides is 1. The van der Waals surface area contributed by atoms with E-state index < -0.39 is 10.0 Å². The Hall–Kier alpha value is -1.12. The van der Waals surface area contributed by atoms with Gasteiger partial charge in [-0.15, -0.1) is 0 Å². The monoisotopic (exact) mass is 374 g/mol. The molecule has 1 saturated heterocycles. The summed E-state index contributed by atoms with van der Waals surface area (Å²) >= 11 is 12.0. The maximum Gasteiger partial charge on any atom is 0.244 e. The van der Waals surface area contributed by atoms with Crippen LogP contribution in [0.2, 0.25) is 10.0 Å². The molecule has 9 heteroatoms. The second kappa shape index (κ2) is 6.41. The third-order valence-corrected chi connectivity index (χ3v) is 6.54. The number of halogens is 2. The Morgan fingerprint density at radius 1 is 1.30 bits per heavy atom. The van der Waals surface area contributed by atoms with Crippen molar-refractivity contribution in [2.75, 3.05) is 26.7 Å². The van der Waals surface area contributed by atoms with Gasteiger partial charge in [0.25, 0.3) is 0 Å². The van der Waals surface area contributed by atoms with E-state index in [-0.39, 0.29) is 16.0 Å². The van der Waals surface area contributed by atoms with Gasteiger partial charge in [-0.1, -0.05) is 23.2 Å². The number of nitrogens with zero attached hydrogens (tertiary/aromatic N) is 3. The van der Waals surface area contributed by atoms with E-state index in [9.17, 15) is 8.42 Å². The molecule has 0 radical (unpaired) electrons. The number of rotatable bonds is 3. The first-order chi connectivity index (χ1) is 10.9. The van der Waals surface area contributed by atoms with Crippen molar-refractivity contribution in [2.24, 2.45) is 0 Å². The normalized spacial score (nSPS) is 20.7. The molecule has 1 atom stereocenters. The first-order valence-electron chi connectivity index (χ1n) is 7.04. The summed E-state index contributed by atoms with van der Waals surface area (Å²) in [6.45, 7) is 1.29. The molecule has 6 nitrogen and oxygen atoms in total. The maximum atomic E-state index is 12.9. The Bertz CT molecular complexity index is 795. The number of aromatic amines is 1. The van der Waals surface area contributed by atoms with Crippen LogP contribution in [0.15, 0.2) is 35.5 Å². The third kappa shape index (κ3) is 3.25. The predicted octanol–water partition coefficient (Wildman–Crippen LogP) is 2.39. The molecule has 0 saturated carbocycles. The molecule has 3 rings (SSSR count). The van der Waals surface area contributed by atoms with E-state index in [1.165, 1.54) is 16.4 Å². The van der Waals surface area contributed by atoms with Crippen molar-refractivity contribution in [1.29, 1.82) is 0 Å². The summed E-state index contributed by atoms with van der Waals surface area (Å²) in [4.78, 5) is 9.40. The third-order valence-electron chi connectivity index (χ3n) is 3.96. The molecule has 0 amide bonds. The van der Waals surface area contributed by atoms with Gasteiger partial charge < -0.3 is 4.98 Å². The molecule has 1 aliphatic heterocycles. The highest BCUT2D eigenvalue weighted by atomic mass is 35.5. The molecular weight excluding hydrogens is 359 g/mol. The van der Waals surface area contributed by atoms with Crippen LogP contribution in [0.5, 0.6) is 0 Å². The molecule has 1 fully saturated rings. The van der Waals surface area contributed by atoms with Crippen molar-refractivity contribution in [3.05, 3.63) is 46.5 Å². The van der Waals surface area contributed by atoms with Crippen LogP contribution in [0.4, 0.5) is 0 Å². The van der Waals surface area contributed by atoms with Crippen LogP contribution in [0.1, 0.15) is 11.9 Å². The van der Waals surface area contributed by atoms with Gasteiger partial charge >= 0.3 is 0 Å². The lowest BCUT2D eigenvalue weighted by Crippen LogP contribution is -2.49. The molecule has 23 heavy (non-hydrogen) atoms. The van der Waals surface area contributed by atoms with Crippen LogP contribution in [0.3, 0.4) is 0 Å². The summed E-state index contributed by atoms with van der Waals surface area (Å²) in [5.41, 5.74) is 0. The van der Waals surface area contributed by atoms with Gasteiger partial charge in [-0.25, -0.2) is 13.4 Å². The summed E-state index contributed by atoms with van der Waals surface area (Å²) in [6, 6.07) is 4.32. The predicted molar refractivity (Wildman–Crippen MR) is 89.2 cm³/mol. The minimum absolute atomic E-state index is 0.0365. The van der Waals surface area contributed by atoms with Crippen LogP contribution < -0.4 is 0 Å². The summed E-state index contributed by atoms with van der Waals surface area (Å²) in [5, 5.41) is 0.507. The molecule has 1 N–H and O–H groups in total. The number of benzene rings is 1. The summed E-state index contributed by atoms with van der Waals surface area (Å²) in [7, 11) is -1.77. The molecule has 2 aromatic rings. The molecule has 124 valence electrons. The zero-order chi connectivity index (χ0) is 16.6. The van der Waals surface area contributed by atoms with E-state index in [0.29, 0.717) is 24.7 Å². The second-order valence-corrected chi connectivity index (χ2v) is 8.16. The van der Waals surface area contributed by atoms with Crippen molar-refractivity contribution in [1.82, 2.24) is 19.2 Å². The van der Waals surface area contributed by atoms with Crippen molar-refractivity contribution in [3.8, 4) is 0 Å². The largest absolute Gasteiger partial charge is 0.347 e. The lowest BCUT2D eigenvalue weighted by atomic mass is 10.2. The fourth-order valence-corrected chi connectivity index (χ4v) is 4.81. The molecule has 0 unspecified atom stereocenters. The van der Waals surface area contributed by atoms with Gasteiger partial charge in [0.15, 0.2) is 0 Å². The van der Waals surface area contributed by atoms with Crippen molar-refractivity contribution < 1.29 is 8.42 Å². The number of nitrogens with one attached hydrogen (secondary N) is 1. The molecule has 0 aliphatic carbocycles. The zero-order valence-electron chi connectivity index (χ0n) is 12.4.